The van der Waals surface area contributed by atoms with E-state index in [1.807, 2.05) is 12.1 Å². The van der Waals surface area contributed by atoms with Gasteiger partial charge in [-0.3, -0.25) is 9.78 Å². The number of fused-ring (bicyclic) bond motifs is 1. The van der Waals surface area contributed by atoms with E-state index in [4.69, 9.17) is 4.74 Å². The summed E-state index contributed by atoms with van der Waals surface area (Å²) in [7, 11) is -3.24. The van der Waals surface area contributed by atoms with Crippen molar-refractivity contribution in [3.63, 3.8) is 0 Å². The molecule has 2 aliphatic heterocycles. The standard InChI is InChI=1S/C14H19N3O4S/c1-22(19,20)17-7-11-12(9-21-13(11)8-17)14(18)16-6-10-3-2-4-15-5-10/h2-5,11-13H,6-9H2,1H3,(H,16,18)/t11-,12+,13-/m1/s1. The van der Waals surface area contributed by atoms with Crippen LogP contribution in [-0.2, 0) is 26.1 Å². The first-order valence-electron chi connectivity index (χ1n) is 7.18. The number of ether oxygens (including phenoxy) is 1. The van der Waals surface area contributed by atoms with Gasteiger partial charge in [0.25, 0.3) is 0 Å². The van der Waals surface area contributed by atoms with Gasteiger partial charge in [0.2, 0.25) is 15.9 Å². The maximum Gasteiger partial charge on any atom is 0.226 e. The van der Waals surface area contributed by atoms with Crippen molar-refractivity contribution in [3.8, 4) is 0 Å². The largest absolute Gasteiger partial charge is 0.376 e. The molecule has 3 rings (SSSR count). The van der Waals surface area contributed by atoms with Gasteiger partial charge in [-0.15, -0.1) is 0 Å². The molecule has 3 heterocycles. The van der Waals surface area contributed by atoms with E-state index >= 15 is 0 Å². The Morgan fingerprint density at radius 1 is 1.50 bits per heavy atom. The molecule has 1 N–H and O–H groups in total. The monoisotopic (exact) mass is 325 g/mol. The number of pyridine rings is 1. The van der Waals surface area contributed by atoms with Gasteiger partial charge >= 0.3 is 0 Å². The van der Waals surface area contributed by atoms with Gasteiger partial charge in [0, 0.05) is 37.9 Å². The Kier molecular flexibility index (Phi) is 4.16. The number of carbonyl (C=O) groups excluding carboxylic acids is 1. The number of sulfonamides is 1. The van der Waals surface area contributed by atoms with E-state index in [0.29, 0.717) is 26.2 Å². The molecule has 2 aliphatic rings. The average Bonchev–Trinajstić information content (AvgIpc) is 3.05. The molecular weight excluding hydrogens is 306 g/mol. The summed E-state index contributed by atoms with van der Waals surface area (Å²) in [5.74, 6) is -0.455. The highest BCUT2D eigenvalue weighted by Gasteiger charge is 2.48. The van der Waals surface area contributed by atoms with E-state index in [0.717, 1.165) is 5.56 Å². The highest BCUT2D eigenvalue weighted by Crippen LogP contribution is 2.34. The van der Waals surface area contributed by atoms with Crippen molar-refractivity contribution in [2.24, 2.45) is 11.8 Å². The highest BCUT2D eigenvalue weighted by atomic mass is 32.2. The number of rotatable bonds is 4. The molecule has 1 aromatic heterocycles. The third-order valence-electron chi connectivity index (χ3n) is 4.28. The van der Waals surface area contributed by atoms with Crippen LogP contribution in [0, 0.1) is 11.8 Å². The summed E-state index contributed by atoms with van der Waals surface area (Å²) >= 11 is 0. The van der Waals surface area contributed by atoms with Crippen LogP contribution in [0.2, 0.25) is 0 Å². The highest BCUT2D eigenvalue weighted by molar-refractivity contribution is 7.88. The molecule has 7 nitrogen and oxygen atoms in total. The number of hydrogen-bond donors (Lipinski definition) is 1. The van der Waals surface area contributed by atoms with Crippen molar-refractivity contribution in [3.05, 3.63) is 30.1 Å². The third-order valence-corrected chi connectivity index (χ3v) is 5.51. The number of hydrogen-bond acceptors (Lipinski definition) is 5. The van der Waals surface area contributed by atoms with Crippen molar-refractivity contribution < 1.29 is 17.9 Å². The van der Waals surface area contributed by atoms with Gasteiger partial charge in [-0.25, -0.2) is 8.42 Å². The fourth-order valence-corrected chi connectivity index (χ4v) is 3.90. The van der Waals surface area contributed by atoms with E-state index in [-0.39, 0.29) is 23.8 Å². The Morgan fingerprint density at radius 2 is 2.32 bits per heavy atom. The molecule has 0 bridgehead atoms. The minimum absolute atomic E-state index is 0.0661. The average molecular weight is 325 g/mol. The zero-order chi connectivity index (χ0) is 15.7. The second-order valence-corrected chi connectivity index (χ2v) is 7.78. The summed E-state index contributed by atoms with van der Waals surface area (Å²) in [5, 5.41) is 2.88. The Bertz CT molecular complexity index is 649. The van der Waals surface area contributed by atoms with Crippen LogP contribution >= 0.6 is 0 Å². The second-order valence-electron chi connectivity index (χ2n) is 5.80. The van der Waals surface area contributed by atoms with Crippen LogP contribution in [0.5, 0.6) is 0 Å². The summed E-state index contributed by atoms with van der Waals surface area (Å²) in [5.41, 5.74) is 0.926. The minimum atomic E-state index is -3.24. The number of aromatic nitrogens is 1. The van der Waals surface area contributed by atoms with Crippen LogP contribution in [0.25, 0.3) is 0 Å². The van der Waals surface area contributed by atoms with Gasteiger partial charge in [-0.05, 0) is 11.6 Å². The molecule has 0 aromatic carbocycles. The summed E-state index contributed by atoms with van der Waals surface area (Å²) < 4.78 is 30.2. The van der Waals surface area contributed by atoms with E-state index in [2.05, 4.69) is 10.3 Å². The van der Waals surface area contributed by atoms with Gasteiger partial charge in [0.15, 0.2) is 0 Å². The Hall–Kier alpha value is -1.51. The zero-order valence-corrected chi connectivity index (χ0v) is 13.1. The molecule has 2 fully saturated rings. The maximum absolute atomic E-state index is 12.3. The molecule has 0 saturated carbocycles. The molecule has 22 heavy (non-hydrogen) atoms. The SMILES string of the molecule is CS(=O)(=O)N1C[C@@H]2[C@@H](C(=O)NCc3cccnc3)CO[C@@H]2C1. The summed E-state index contributed by atoms with van der Waals surface area (Å²) in [6, 6.07) is 3.71. The van der Waals surface area contributed by atoms with Gasteiger partial charge in [0.1, 0.15) is 0 Å². The number of carbonyl (C=O) groups is 1. The van der Waals surface area contributed by atoms with Crippen molar-refractivity contribution in [1.29, 1.82) is 0 Å². The molecule has 8 heteroatoms. The molecule has 1 aromatic rings. The van der Waals surface area contributed by atoms with Gasteiger partial charge in [-0.1, -0.05) is 6.07 Å². The van der Waals surface area contributed by atoms with Crippen molar-refractivity contribution in [2.45, 2.75) is 12.6 Å². The van der Waals surface area contributed by atoms with Gasteiger partial charge in [-0.2, -0.15) is 4.31 Å². The third kappa shape index (κ3) is 3.13. The molecule has 0 unspecified atom stereocenters. The first-order chi connectivity index (χ1) is 10.4. The molecule has 2 saturated heterocycles. The number of nitrogens with zero attached hydrogens (tertiary/aromatic N) is 2. The van der Waals surface area contributed by atoms with Crippen LogP contribution in [0.3, 0.4) is 0 Å². The van der Waals surface area contributed by atoms with E-state index in [1.54, 1.807) is 12.4 Å². The summed E-state index contributed by atoms with van der Waals surface area (Å²) in [4.78, 5) is 16.3. The lowest BCUT2D eigenvalue weighted by Crippen LogP contribution is -2.37. The van der Waals surface area contributed by atoms with Crippen LogP contribution in [0.4, 0.5) is 0 Å². The molecule has 0 aliphatic carbocycles. The van der Waals surface area contributed by atoms with E-state index in [9.17, 15) is 13.2 Å². The Labute approximate surface area is 129 Å². The fraction of sp³-hybridized carbons (Fsp3) is 0.571. The smallest absolute Gasteiger partial charge is 0.226 e. The molecule has 0 spiro atoms. The molecule has 1 amide bonds. The normalized spacial score (nSPS) is 28.5. The van der Waals surface area contributed by atoms with E-state index in [1.165, 1.54) is 10.6 Å². The Balaban J connectivity index is 1.60. The Morgan fingerprint density at radius 3 is 3.00 bits per heavy atom. The van der Waals surface area contributed by atoms with E-state index < -0.39 is 10.0 Å². The number of nitrogens with one attached hydrogen (secondary N) is 1. The molecular formula is C14H19N3O4S. The molecule has 120 valence electrons. The van der Waals surface area contributed by atoms with Crippen LogP contribution < -0.4 is 5.32 Å². The predicted octanol–water partition coefficient (Wildman–Crippen LogP) is -0.396. The lowest BCUT2D eigenvalue weighted by atomic mass is 9.92. The van der Waals surface area contributed by atoms with Crippen molar-refractivity contribution in [2.75, 3.05) is 26.0 Å². The van der Waals surface area contributed by atoms with Gasteiger partial charge in [0.05, 0.1) is 24.9 Å². The van der Waals surface area contributed by atoms with Crippen molar-refractivity contribution in [1.82, 2.24) is 14.6 Å². The second kappa shape index (κ2) is 5.94. The molecule has 0 radical (unpaired) electrons. The van der Waals surface area contributed by atoms with Crippen LogP contribution in [-0.4, -0.2) is 55.7 Å². The zero-order valence-electron chi connectivity index (χ0n) is 12.3. The van der Waals surface area contributed by atoms with Crippen LogP contribution in [0.15, 0.2) is 24.5 Å². The minimum Gasteiger partial charge on any atom is -0.376 e. The first kappa shape index (κ1) is 15.4. The quantitative estimate of drug-likeness (QED) is 0.814. The first-order valence-corrected chi connectivity index (χ1v) is 9.03. The fourth-order valence-electron chi connectivity index (χ4n) is 3.04. The lowest BCUT2D eigenvalue weighted by Gasteiger charge is -2.17. The predicted molar refractivity (Wildman–Crippen MR) is 79.2 cm³/mol. The van der Waals surface area contributed by atoms with Crippen molar-refractivity contribution >= 4 is 15.9 Å². The molecule has 3 atom stereocenters. The van der Waals surface area contributed by atoms with Gasteiger partial charge < -0.3 is 10.1 Å². The topological polar surface area (TPSA) is 88.6 Å². The van der Waals surface area contributed by atoms with Crippen LogP contribution in [0.1, 0.15) is 5.56 Å². The number of amides is 1. The summed E-state index contributed by atoms with van der Waals surface area (Å²) in [6.07, 6.45) is 4.39. The maximum atomic E-state index is 12.3. The summed E-state index contributed by atoms with van der Waals surface area (Å²) in [6.45, 7) is 1.46. The lowest BCUT2D eigenvalue weighted by molar-refractivity contribution is -0.126.